The van der Waals surface area contributed by atoms with E-state index in [-0.39, 0.29) is 0 Å². The van der Waals surface area contributed by atoms with Crippen molar-refractivity contribution in [1.29, 1.82) is 0 Å². The molecule has 0 fully saturated rings. The van der Waals surface area contributed by atoms with Crippen molar-refractivity contribution in [1.82, 2.24) is 4.90 Å². The van der Waals surface area contributed by atoms with Gasteiger partial charge in [0.15, 0.2) is 0 Å². The number of hydrogen-bond acceptors (Lipinski definition) is 1. The third kappa shape index (κ3) is 14.6. The van der Waals surface area contributed by atoms with E-state index in [1.54, 1.807) is 0 Å². The lowest BCUT2D eigenvalue weighted by atomic mass is 10.1. The Bertz CT molecular complexity index is 421. The molecule has 1 aromatic rings. The summed E-state index contributed by atoms with van der Waals surface area (Å²) in [7, 11) is 0. The molecule has 0 unspecified atom stereocenters. The Labute approximate surface area is 170 Å². The van der Waals surface area contributed by atoms with Crippen LogP contribution in [0, 0.1) is 0 Å². The predicted molar refractivity (Wildman–Crippen MR) is 123 cm³/mol. The normalized spacial score (nSPS) is 11.7. The van der Waals surface area contributed by atoms with Crippen LogP contribution in [0.5, 0.6) is 0 Å². The molecule has 0 aliphatic rings. The van der Waals surface area contributed by atoms with E-state index in [1.165, 1.54) is 109 Å². The van der Waals surface area contributed by atoms with Crippen LogP contribution >= 0.6 is 0 Å². The van der Waals surface area contributed by atoms with Crippen molar-refractivity contribution in [3.05, 3.63) is 42.0 Å². The van der Waals surface area contributed by atoms with Crippen LogP contribution in [-0.4, -0.2) is 24.5 Å². The summed E-state index contributed by atoms with van der Waals surface area (Å²) in [6, 6.07) is 10.7. The van der Waals surface area contributed by atoms with Crippen molar-refractivity contribution in [2.75, 3.05) is 19.6 Å². The van der Waals surface area contributed by atoms with Crippen LogP contribution in [0.3, 0.4) is 0 Å². The minimum atomic E-state index is 1.17. The molecule has 154 valence electrons. The summed E-state index contributed by atoms with van der Waals surface area (Å²) in [5.41, 5.74) is 1.32. The van der Waals surface area contributed by atoms with Crippen LogP contribution in [-0.2, 0) is 0 Å². The molecule has 0 saturated carbocycles. The first-order valence-electron chi connectivity index (χ1n) is 11.8. The largest absolute Gasteiger partial charge is 0.303 e. The van der Waals surface area contributed by atoms with Crippen LogP contribution in [0.25, 0.3) is 6.08 Å². The molecule has 1 nitrogen and oxygen atoms in total. The number of rotatable bonds is 18. The quantitative estimate of drug-likeness (QED) is 0.235. The second kappa shape index (κ2) is 18.3. The van der Waals surface area contributed by atoms with Crippen molar-refractivity contribution in [2.45, 2.75) is 97.3 Å². The van der Waals surface area contributed by atoms with Crippen molar-refractivity contribution in [3.8, 4) is 0 Å². The minimum absolute atomic E-state index is 1.17. The third-order valence-electron chi connectivity index (χ3n) is 5.38. The summed E-state index contributed by atoms with van der Waals surface area (Å²) < 4.78 is 0. The summed E-state index contributed by atoms with van der Waals surface area (Å²) in [6.45, 7) is 8.39. The predicted octanol–water partition coefficient (Wildman–Crippen LogP) is 8.11. The number of benzene rings is 1. The van der Waals surface area contributed by atoms with Gasteiger partial charge in [-0.05, 0) is 37.9 Å². The fraction of sp³-hybridized carbons (Fsp3) is 0.692. The van der Waals surface area contributed by atoms with Gasteiger partial charge in [-0.25, -0.2) is 0 Å². The molecule has 1 aromatic carbocycles. The van der Waals surface area contributed by atoms with E-state index in [9.17, 15) is 0 Å². The molecular formula is C26H45N. The fourth-order valence-electron chi connectivity index (χ4n) is 3.61. The van der Waals surface area contributed by atoms with Crippen LogP contribution in [0.2, 0.25) is 0 Å². The lowest BCUT2D eigenvalue weighted by molar-refractivity contribution is 0.265. The van der Waals surface area contributed by atoms with E-state index in [0.717, 1.165) is 0 Å². The van der Waals surface area contributed by atoms with E-state index in [4.69, 9.17) is 0 Å². The van der Waals surface area contributed by atoms with Crippen LogP contribution in [0.4, 0.5) is 0 Å². The maximum absolute atomic E-state index is 2.72. The van der Waals surface area contributed by atoms with E-state index in [0.29, 0.717) is 0 Å². The second-order valence-electron chi connectivity index (χ2n) is 7.98. The van der Waals surface area contributed by atoms with Gasteiger partial charge in [-0.15, -0.1) is 0 Å². The van der Waals surface area contributed by atoms with Gasteiger partial charge in [0, 0.05) is 6.54 Å². The standard InChI is InChI=1S/C26H45N/c1-3-5-7-9-11-17-23-27(24-18-12-10-8-6-4-2)25-19-16-22-26-20-14-13-15-21-26/h13-16,20-22H,3-12,17-19,23-25H2,1-2H3. The van der Waals surface area contributed by atoms with Crippen LogP contribution < -0.4 is 0 Å². The van der Waals surface area contributed by atoms with Gasteiger partial charge in [0.05, 0.1) is 0 Å². The molecule has 0 aromatic heterocycles. The molecular weight excluding hydrogens is 326 g/mol. The Kier molecular flexibility index (Phi) is 16.2. The molecule has 0 atom stereocenters. The molecule has 0 heterocycles. The highest BCUT2D eigenvalue weighted by molar-refractivity contribution is 5.48. The first-order chi connectivity index (χ1) is 13.4. The summed E-state index contributed by atoms with van der Waals surface area (Å²) in [6.07, 6.45) is 22.6. The van der Waals surface area contributed by atoms with Gasteiger partial charge in [0.25, 0.3) is 0 Å². The number of unbranched alkanes of at least 4 members (excludes halogenated alkanes) is 10. The molecule has 1 rings (SSSR count). The van der Waals surface area contributed by atoms with E-state index in [1.807, 2.05) is 0 Å². The lowest BCUT2D eigenvalue weighted by Crippen LogP contribution is -2.27. The summed E-state index contributed by atoms with van der Waals surface area (Å²) in [5, 5.41) is 0. The highest BCUT2D eigenvalue weighted by Crippen LogP contribution is 2.10. The second-order valence-corrected chi connectivity index (χ2v) is 7.98. The Morgan fingerprint density at radius 2 is 1.15 bits per heavy atom. The molecule has 0 aliphatic heterocycles. The SMILES string of the molecule is CCCCCCCCN(CCC=Cc1ccccc1)CCCCCCCC. The molecule has 0 aliphatic carbocycles. The van der Waals surface area contributed by atoms with Gasteiger partial charge in [-0.2, -0.15) is 0 Å². The molecule has 0 amide bonds. The van der Waals surface area contributed by atoms with Gasteiger partial charge in [0.1, 0.15) is 0 Å². The van der Waals surface area contributed by atoms with Crippen molar-refractivity contribution >= 4 is 6.08 Å². The highest BCUT2D eigenvalue weighted by Gasteiger charge is 2.04. The van der Waals surface area contributed by atoms with E-state index in [2.05, 4.69) is 61.2 Å². The Balaban J connectivity index is 2.24. The lowest BCUT2D eigenvalue weighted by Gasteiger charge is -2.21. The average Bonchev–Trinajstić information content (AvgIpc) is 2.70. The Morgan fingerprint density at radius 3 is 1.70 bits per heavy atom. The van der Waals surface area contributed by atoms with Gasteiger partial charge < -0.3 is 4.90 Å². The topological polar surface area (TPSA) is 3.24 Å². The molecule has 27 heavy (non-hydrogen) atoms. The van der Waals surface area contributed by atoms with Gasteiger partial charge in [-0.3, -0.25) is 0 Å². The third-order valence-corrected chi connectivity index (χ3v) is 5.38. The van der Waals surface area contributed by atoms with Crippen LogP contribution in [0.15, 0.2) is 36.4 Å². The maximum Gasteiger partial charge on any atom is 0.00160 e. The average molecular weight is 372 g/mol. The molecule has 0 bridgehead atoms. The van der Waals surface area contributed by atoms with Crippen LogP contribution in [0.1, 0.15) is 103 Å². The number of nitrogens with zero attached hydrogens (tertiary/aromatic N) is 1. The zero-order chi connectivity index (χ0) is 19.4. The molecule has 0 spiro atoms. The molecule has 0 N–H and O–H groups in total. The smallest absolute Gasteiger partial charge is 0.00160 e. The van der Waals surface area contributed by atoms with E-state index >= 15 is 0 Å². The summed E-state index contributed by atoms with van der Waals surface area (Å²) in [4.78, 5) is 2.72. The maximum atomic E-state index is 2.72. The minimum Gasteiger partial charge on any atom is -0.303 e. The van der Waals surface area contributed by atoms with Crippen molar-refractivity contribution in [2.24, 2.45) is 0 Å². The number of hydrogen-bond donors (Lipinski definition) is 0. The first kappa shape index (κ1) is 24.0. The van der Waals surface area contributed by atoms with Gasteiger partial charge in [-0.1, -0.05) is 121 Å². The molecule has 0 radical (unpaired) electrons. The van der Waals surface area contributed by atoms with Gasteiger partial charge >= 0.3 is 0 Å². The Hall–Kier alpha value is -1.08. The van der Waals surface area contributed by atoms with Gasteiger partial charge in [0.2, 0.25) is 0 Å². The molecule has 0 saturated heterocycles. The summed E-state index contributed by atoms with van der Waals surface area (Å²) >= 11 is 0. The van der Waals surface area contributed by atoms with Crippen molar-refractivity contribution in [3.63, 3.8) is 0 Å². The van der Waals surface area contributed by atoms with E-state index < -0.39 is 0 Å². The first-order valence-corrected chi connectivity index (χ1v) is 11.8. The fourth-order valence-corrected chi connectivity index (χ4v) is 3.61. The zero-order valence-electron chi connectivity index (χ0n) is 18.3. The van der Waals surface area contributed by atoms with Crippen molar-refractivity contribution < 1.29 is 0 Å². The monoisotopic (exact) mass is 371 g/mol. The Morgan fingerprint density at radius 1 is 0.630 bits per heavy atom. The molecule has 1 heteroatoms. The highest BCUT2D eigenvalue weighted by atomic mass is 15.1. The zero-order valence-corrected chi connectivity index (χ0v) is 18.3. The summed E-state index contributed by atoms with van der Waals surface area (Å²) in [5.74, 6) is 0.